The lowest BCUT2D eigenvalue weighted by atomic mass is 10.1. The van der Waals surface area contributed by atoms with Gasteiger partial charge in [0.2, 0.25) is 0 Å². The molecule has 0 spiro atoms. The summed E-state index contributed by atoms with van der Waals surface area (Å²) in [5.74, 6) is 1.15. The second-order valence-electron chi connectivity index (χ2n) is 6.98. The largest absolute Gasteiger partial charge is 0.496 e. The number of rotatable bonds is 8. The predicted octanol–water partition coefficient (Wildman–Crippen LogP) is 5.63. The van der Waals surface area contributed by atoms with Gasteiger partial charge in [0.15, 0.2) is 0 Å². The molecule has 1 aromatic heterocycles. The fourth-order valence-corrected chi connectivity index (χ4v) is 4.15. The molecule has 4 rings (SSSR count). The maximum atomic E-state index is 12.7. The Kier molecular flexibility index (Phi) is 6.90. The number of amides is 2. The highest BCUT2D eigenvalue weighted by Gasteiger charge is 2.35. The smallest absolute Gasteiger partial charge is 0.293 e. The first kappa shape index (κ1) is 23.4. The summed E-state index contributed by atoms with van der Waals surface area (Å²) in [6, 6.07) is 14.2. The van der Waals surface area contributed by atoms with Gasteiger partial charge in [0.1, 0.15) is 29.6 Å². The van der Waals surface area contributed by atoms with Crippen LogP contribution >= 0.6 is 23.4 Å². The van der Waals surface area contributed by atoms with Crippen molar-refractivity contribution >= 4 is 46.3 Å². The van der Waals surface area contributed by atoms with Gasteiger partial charge in [0.25, 0.3) is 16.8 Å². The summed E-state index contributed by atoms with van der Waals surface area (Å²) in [5, 5.41) is 11.2. The van der Waals surface area contributed by atoms with Crippen molar-refractivity contribution in [2.75, 3.05) is 20.3 Å². The van der Waals surface area contributed by atoms with E-state index < -0.39 is 16.1 Å². The molecule has 34 heavy (non-hydrogen) atoms. The van der Waals surface area contributed by atoms with Gasteiger partial charge in [-0.2, -0.15) is 0 Å². The van der Waals surface area contributed by atoms with Gasteiger partial charge in [0.05, 0.1) is 35.1 Å². The standard InChI is InChI=1S/C23H17ClN2O7S/c1-31-20-12-15(26(29)30)4-8-18(20)19-9-7-17(33-19)13-21-22(27)25(23(28)34-21)10-11-32-16-5-2-14(24)3-6-16/h2-9,12-13H,10-11H2,1H3/b21-13-. The number of hydrogen-bond donors (Lipinski definition) is 0. The van der Waals surface area contributed by atoms with Crippen molar-refractivity contribution in [3.05, 3.63) is 80.4 Å². The normalized spacial score (nSPS) is 14.6. The van der Waals surface area contributed by atoms with Crippen LogP contribution in [-0.4, -0.2) is 41.2 Å². The van der Waals surface area contributed by atoms with E-state index >= 15 is 0 Å². The Morgan fingerprint density at radius 2 is 1.91 bits per heavy atom. The number of carbonyl (C=O) groups is 2. The van der Waals surface area contributed by atoms with Crippen LogP contribution < -0.4 is 9.47 Å². The molecule has 2 amide bonds. The molecule has 174 valence electrons. The first-order chi connectivity index (χ1) is 16.4. The van der Waals surface area contributed by atoms with E-state index in [2.05, 4.69) is 0 Å². The number of non-ortho nitro benzene ring substituents is 1. The lowest BCUT2D eigenvalue weighted by Crippen LogP contribution is -2.32. The number of ether oxygens (including phenoxy) is 2. The Balaban J connectivity index is 1.45. The van der Waals surface area contributed by atoms with Crippen LogP contribution in [0.15, 0.2) is 63.9 Å². The number of methoxy groups -OCH3 is 1. The number of nitro benzene ring substituents is 1. The van der Waals surface area contributed by atoms with Crippen molar-refractivity contribution in [2.24, 2.45) is 0 Å². The van der Waals surface area contributed by atoms with Crippen LogP contribution in [0.5, 0.6) is 11.5 Å². The van der Waals surface area contributed by atoms with Crippen LogP contribution in [0.1, 0.15) is 5.76 Å². The third-order valence-corrected chi connectivity index (χ3v) is 5.99. The molecule has 1 saturated heterocycles. The van der Waals surface area contributed by atoms with Crippen LogP contribution in [0, 0.1) is 10.1 Å². The number of furan rings is 1. The van der Waals surface area contributed by atoms with Gasteiger partial charge < -0.3 is 13.9 Å². The van der Waals surface area contributed by atoms with Crippen LogP contribution in [-0.2, 0) is 4.79 Å². The molecule has 0 aliphatic carbocycles. The lowest BCUT2D eigenvalue weighted by Gasteiger charge is -2.13. The molecule has 2 aromatic carbocycles. The summed E-state index contributed by atoms with van der Waals surface area (Å²) < 4.78 is 16.6. The minimum absolute atomic E-state index is 0.0913. The van der Waals surface area contributed by atoms with Crippen LogP contribution in [0.4, 0.5) is 10.5 Å². The van der Waals surface area contributed by atoms with Gasteiger partial charge in [-0.05, 0) is 54.2 Å². The maximum absolute atomic E-state index is 12.7. The number of benzene rings is 2. The summed E-state index contributed by atoms with van der Waals surface area (Å²) in [6.07, 6.45) is 1.48. The highest BCUT2D eigenvalue weighted by atomic mass is 35.5. The molecule has 9 nitrogen and oxygen atoms in total. The average molecular weight is 501 g/mol. The lowest BCUT2D eigenvalue weighted by molar-refractivity contribution is -0.384. The van der Waals surface area contributed by atoms with Crippen molar-refractivity contribution in [1.82, 2.24) is 4.90 Å². The Morgan fingerprint density at radius 1 is 1.15 bits per heavy atom. The van der Waals surface area contributed by atoms with E-state index in [0.717, 1.165) is 16.7 Å². The van der Waals surface area contributed by atoms with Gasteiger partial charge >= 0.3 is 0 Å². The minimum atomic E-state index is -0.517. The number of hydrogen-bond acceptors (Lipinski definition) is 8. The Morgan fingerprint density at radius 3 is 2.62 bits per heavy atom. The van der Waals surface area contributed by atoms with Crippen LogP contribution in [0.25, 0.3) is 17.4 Å². The first-order valence-corrected chi connectivity index (χ1v) is 11.1. The zero-order valence-electron chi connectivity index (χ0n) is 17.7. The monoisotopic (exact) mass is 500 g/mol. The van der Waals surface area contributed by atoms with Crippen molar-refractivity contribution in [1.29, 1.82) is 0 Å². The van der Waals surface area contributed by atoms with Gasteiger partial charge in [-0.3, -0.25) is 24.6 Å². The van der Waals surface area contributed by atoms with E-state index in [9.17, 15) is 19.7 Å². The molecular formula is C23H17ClN2O7S. The SMILES string of the molecule is COc1cc([N+](=O)[O-])ccc1-c1ccc(/C=C2\SC(=O)N(CCOc3ccc(Cl)cc3)C2=O)o1. The fourth-order valence-electron chi connectivity index (χ4n) is 3.18. The Hall–Kier alpha value is -3.76. The van der Waals surface area contributed by atoms with Crippen LogP contribution in [0.2, 0.25) is 5.02 Å². The summed E-state index contributed by atoms with van der Waals surface area (Å²) in [7, 11) is 1.40. The summed E-state index contributed by atoms with van der Waals surface area (Å²) in [4.78, 5) is 36.8. The Bertz CT molecular complexity index is 1290. The molecule has 1 aliphatic heterocycles. The van der Waals surface area contributed by atoms with E-state index in [1.807, 2.05) is 0 Å². The summed E-state index contributed by atoms with van der Waals surface area (Å²) >= 11 is 6.65. The van der Waals surface area contributed by atoms with E-state index in [4.69, 9.17) is 25.5 Å². The van der Waals surface area contributed by atoms with E-state index in [1.54, 1.807) is 36.4 Å². The molecule has 1 fully saturated rings. The fraction of sp³-hybridized carbons (Fsp3) is 0.130. The number of halogens is 1. The van der Waals surface area contributed by atoms with Crippen molar-refractivity contribution in [3.8, 4) is 22.8 Å². The molecule has 0 radical (unpaired) electrons. The molecule has 0 unspecified atom stereocenters. The number of imide groups is 1. The molecule has 2 heterocycles. The Labute approximate surface area is 203 Å². The molecule has 0 saturated carbocycles. The topological polar surface area (TPSA) is 112 Å². The van der Waals surface area contributed by atoms with Gasteiger partial charge in [-0.15, -0.1) is 0 Å². The molecule has 0 N–H and O–H groups in total. The number of thioether (sulfide) groups is 1. The van der Waals surface area contributed by atoms with E-state index in [1.165, 1.54) is 31.4 Å². The second kappa shape index (κ2) is 10.0. The predicted molar refractivity (Wildman–Crippen MR) is 127 cm³/mol. The van der Waals surface area contributed by atoms with E-state index in [-0.39, 0.29) is 29.5 Å². The average Bonchev–Trinajstić information content (AvgIpc) is 3.39. The third-order valence-electron chi connectivity index (χ3n) is 4.83. The highest BCUT2D eigenvalue weighted by molar-refractivity contribution is 8.18. The van der Waals surface area contributed by atoms with Crippen molar-refractivity contribution in [3.63, 3.8) is 0 Å². The zero-order valence-corrected chi connectivity index (χ0v) is 19.3. The zero-order chi connectivity index (χ0) is 24.2. The van der Waals surface area contributed by atoms with Gasteiger partial charge in [-0.1, -0.05) is 11.6 Å². The van der Waals surface area contributed by atoms with Gasteiger partial charge in [-0.25, -0.2) is 0 Å². The third kappa shape index (κ3) is 5.08. The number of nitrogens with zero attached hydrogens (tertiary/aromatic N) is 2. The van der Waals surface area contributed by atoms with Crippen molar-refractivity contribution in [2.45, 2.75) is 0 Å². The minimum Gasteiger partial charge on any atom is -0.496 e. The van der Waals surface area contributed by atoms with E-state index in [0.29, 0.717) is 27.9 Å². The van der Waals surface area contributed by atoms with Crippen molar-refractivity contribution < 1.29 is 28.4 Å². The molecular weight excluding hydrogens is 484 g/mol. The molecule has 0 bridgehead atoms. The summed E-state index contributed by atoms with van der Waals surface area (Å²) in [6.45, 7) is 0.228. The molecule has 0 atom stereocenters. The molecule has 11 heteroatoms. The molecule has 3 aromatic rings. The highest BCUT2D eigenvalue weighted by Crippen LogP contribution is 2.36. The second-order valence-corrected chi connectivity index (χ2v) is 8.41. The quantitative estimate of drug-likeness (QED) is 0.222. The number of carbonyl (C=O) groups excluding carboxylic acids is 2. The molecule has 1 aliphatic rings. The first-order valence-electron chi connectivity index (χ1n) is 9.92. The maximum Gasteiger partial charge on any atom is 0.293 e. The van der Waals surface area contributed by atoms with Crippen LogP contribution in [0.3, 0.4) is 0 Å². The number of nitro groups is 1. The summed E-state index contributed by atoms with van der Waals surface area (Å²) in [5.41, 5.74) is 0.404. The van der Waals surface area contributed by atoms with Gasteiger partial charge in [0, 0.05) is 17.2 Å².